The van der Waals surface area contributed by atoms with Gasteiger partial charge >= 0.3 is 0 Å². The summed E-state index contributed by atoms with van der Waals surface area (Å²) >= 11 is 0. The van der Waals surface area contributed by atoms with Crippen molar-refractivity contribution in [2.75, 3.05) is 26.2 Å². The average Bonchev–Trinajstić information content (AvgIpc) is 3.32. The lowest BCUT2D eigenvalue weighted by molar-refractivity contribution is -0.131. The molecule has 1 atom stereocenters. The number of nitrogens with one attached hydrogen (secondary N) is 2. The molecule has 2 heterocycles. The monoisotopic (exact) mass is 486 g/mol. The van der Waals surface area contributed by atoms with Gasteiger partial charge < -0.3 is 20.3 Å². The minimum absolute atomic E-state index is 0. The number of carbonyl (C=O) groups excluding carboxylic acids is 1. The first-order valence-electron chi connectivity index (χ1n) is 9.74. The van der Waals surface area contributed by atoms with E-state index in [4.69, 9.17) is 4.74 Å². The molecule has 2 aliphatic rings. The summed E-state index contributed by atoms with van der Waals surface area (Å²) < 4.78 is 5.61. The molecule has 1 fully saturated rings. The smallest absolute Gasteiger partial charge is 0.223 e. The van der Waals surface area contributed by atoms with E-state index in [1.54, 1.807) is 0 Å². The van der Waals surface area contributed by atoms with Gasteiger partial charge in [-0.15, -0.1) is 24.0 Å². The molecule has 6 nitrogen and oxygen atoms in total. The van der Waals surface area contributed by atoms with Gasteiger partial charge in [-0.25, -0.2) is 0 Å². The van der Waals surface area contributed by atoms with Crippen molar-refractivity contribution in [2.24, 2.45) is 4.99 Å². The van der Waals surface area contributed by atoms with Crippen molar-refractivity contribution >= 4 is 35.8 Å². The van der Waals surface area contributed by atoms with Crippen LogP contribution in [0.15, 0.2) is 29.3 Å². The summed E-state index contributed by atoms with van der Waals surface area (Å²) in [6.07, 6.45) is 3.84. The molecule has 1 amide bonds. The van der Waals surface area contributed by atoms with Crippen LogP contribution in [0, 0.1) is 0 Å². The van der Waals surface area contributed by atoms with E-state index in [-0.39, 0.29) is 36.0 Å². The lowest BCUT2D eigenvalue weighted by Crippen LogP contribution is -2.38. The highest BCUT2D eigenvalue weighted by Crippen LogP contribution is 2.22. The first kappa shape index (κ1) is 21.9. The topological polar surface area (TPSA) is 66.0 Å². The number of carbonyl (C=O) groups is 1. The van der Waals surface area contributed by atoms with Gasteiger partial charge in [-0.05, 0) is 37.3 Å². The number of ether oxygens (including phenoxy) is 1. The van der Waals surface area contributed by atoms with Crippen LogP contribution in [0.5, 0.6) is 0 Å². The quantitative estimate of drug-likeness (QED) is 0.269. The predicted octanol–water partition coefficient (Wildman–Crippen LogP) is 2.66. The number of fused-ring (bicyclic) bond motifs is 1. The molecular weight excluding hydrogens is 455 g/mol. The van der Waals surface area contributed by atoms with Crippen LogP contribution in [0.4, 0.5) is 0 Å². The molecule has 0 aromatic heterocycles. The fourth-order valence-electron chi connectivity index (χ4n) is 3.44. The number of hydrogen-bond donors (Lipinski definition) is 2. The number of hydrogen-bond acceptors (Lipinski definition) is 3. The summed E-state index contributed by atoms with van der Waals surface area (Å²) in [5.41, 5.74) is 2.55. The Kier molecular flexibility index (Phi) is 9.33. The molecule has 0 saturated carbocycles. The van der Waals surface area contributed by atoms with Crippen molar-refractivity contribution < 1.29 is 9.53 Å². The number of aliphatic imine (C=N–C) groups is 1. The first-order valence-corrected chi connectivity index (χ1v) is 9.74. The molecule has 3 rings (SSSR count). The Morgan fingerprint density at radius 1 is 1.26 bits per heavy atom. The molecule has 2 aliphatic heterocycles. The molecule has 1 saturated heterocycles. The third kappa shape index (κ3) is 6.64. The Balaban J connectivity index is 0.00000261. The maximum absolute atomic E-state index is 12.4. The van der Waals surface area contributed by atoms with Gasteiger partial charge in [0.2, 0.25) is 5.91 Å². The van der Waals surface area contributed by atoms with Crippen molar-refractivity contribution in [3.8, 4) is 0 Å². The largest absolute Gasteiger partial charge is 0.376 e. The Hall–Kier alpha value is -1.35. The summed E-state index contributed by atoms with van der Waals surface area (Å²) in [5, 5.41) is 6.57. The maximum Gasteiger partial charge on any atom is 0.223 e. The van der Waals surface area contributed by atoms with E-state index >= 15 is 0 Å². The van der Waals surface area contributed by atoms with E-state index < -0.39 is 0 Å². The molecule has 2 N–H and O–H groups in total. The number of nitrogens with zero attached hydrogens (tertiary/aromatic N) is 2. The van der Waals surface area contributed by atoms with E-state index in [0.717, 1.165) is 58.0 Å². The second kappa shape index (κ2) is 11.5. The van der Waals surface area contributed by atoms with Gasteiger partial charge in [0.15, 0.2) is 5.96 Å². The van der Waals surface area contributed by atoms with E-state index in [0.29, 0.717) is 13.0 Å². The lowest BCUT2D eigenvalue weighted by atomic mass is 10.1. The van der Waals surface area contributed by atoms with E-state index in [9.17, 15) is 4.79 Å². The van der Waals surface area contributed by atoms with Gasteiger partial charge in [0, 0.05) is 39.2 Å². The number of halogens is 1. The van der Waals surface area contributed by atoms with Gasteiger partial charge in [-0.3, -0.25) is 9.79 Å². The predicted molar refractivity (Wildman–Crippen MR) is 118 cm³/mol. The highest BCUT2D eigenvalue weighted by molar-refractivity contribution is 14.0. The summed E-state index contributed by atoms with van der Waals surface area (Å²) in [5.74, 6) is 1.04. The number of guanidine groups is 1. The zero-order valence-corrected chi connectivity index (χ0v) is 18.4. The molecule has 0 bridgehead atoms. The molecule has 150 valence electrons. The highest BCUT2D eigenvalue weighted by Gasteiger charge is 2.22. The Bertz CT molecular complexity index is 607. The van der Waals surface area contributed by atoms with Crippen molar-refractivity contribution in [3.05, 3.63) is 35.4 Å². The number of amides is 1. The zero-order valence-electron chi connectivity index (χ0n) is 16.1. The minimum atomic E-state index is 0. The first-order chi connectivity index (χ1) is 12.8. The van der Waals surface area contributed by atoms with Crippen molar-refractivity contribution in [1.82, 2.24) is 15.5 Å². The van der Waals surface area contributed by atoms with Crippen molar-refractivity contribution in [2.45, 2.75) is 51.8 Å². The molecule has 27 heavy (non-hydrogen) atoms. The van der Waals surface area contributed by atoms with Gasteiger partial charge in [0.05, 0.1) is 12.6 Å². The van der Waals surface area contributed by atoms with Crippen LogP contribution in [-0.2, 0) is 22.6 Å². The summed E-state index contributed by atoms with van der Waals surface area (Å²) in [6, 6.07) is 8.29. The molecule has 1 aromatic carbocycles. The molecule has 0 radical (unpaired) electrons. The molecule has 0 aliphatic carbocycles. The van der Waals surface area contributed by atoms with Gasteiger partial charge in [0.25, 0.3) is 0 Å². The van der Waals surface area contributed by atoms with Crippen LogP contribution in [0.25, 0.3) is 0 Å². The zero-order chi connectivity index (χ0) is 18.2. The third-order valence-electron chi connectivity index (χ3n) is 4.87. The van der Waals surface area contributed by atoms with E-state index in [1.807, 2.05) is 17.0 Å². The van der Waals surface area contributed by atoms with Crippen molar-refractivity contribution in [1.29, 1.82) is 0 Å². The Morgan fingerprint density at radius 3 is 2.63 bits per heavy atom. The van der Waals surface area contributed by atoms with Crippen molar-refractivity contribution in [3.63, 3.8) is 0 Å². The number of benzene rings is 1. The minimum Gasteiger partial charge on any atom is -0.376 e. The van der Waals surface area contributed by atoms with Crippen LogP contribution in [-0.4, -0.2) is 49.1 Å². The molecule has 1 aromatic rings. The van der Waals surface area contributed by atoms with E-state index in [2.05, 4.69) is 34.7 Å². The van der Waals surface area contributed by atoms with Gasteiger partial charge in [-0.2, -0.15) is 0 Å². The lowest BCUT2D eigenvalue weighted by Gasteiger charge is -2.16. The number of rotatable bonds is 7. The second-order valence-corrected chi connectivity index (χ2v) is 6.90. The maximum atomic E-state index is 12.4. The standard InChI is InChI=1S/C20H30N4O2.HI/c1-2-21-20(23-13-18-9-6-12-26-18)22-11-5-10-19(25)24-14-16-7-3-4-8-17(16)15-24;/h3-4,7-8,18H,2,5-6,9-15H2,1H3,(H2,21,22,23);1H. The average molecular weight is 486 g/mol. The van der Waals surface area contributed by atoms with Crippen LogP contribution < -0.4 is 10.6 Å². The van der Waals surface area contributed by atoms with Crippen LogP contribution in [0.2, 0.25) is 0 Å². The fourth-order valence-corrected chi connectivity index (χ4v) is 3.44. The molecule has 7 heteroatoms. The van der Waals surface area contributed by atoms with Crippen LogP contribution in [0.1, 0.15) is 43.7 Å². The summed E-state index contributed by atoms with van der Waals surface area (Å²) in [7, 11) is 0. The van der Waals surface area contributed by atoms with Crippen LogP contribution in [0.3, 0.4) is 0 Å². The summed E-state index contributed by atoms with van der Waals surface area (Å²) in [4.78, 5) is 19.0. The Morgan fingerprint density at radius 2 is 2.00 bits per heavy atom. The third-order valence-corrected chi connectivity index (χ3v) is 4.87. The fraction of sp³-hybridized carbons (Fsp3) is 0.600. The van der Waals surface area contributed by atoms with Gasteiger partial charge in [-0.1, -0.05) is 24.3 Å². The van der Waals surface area contributed by atoms with E-state index in [1.165, 1.54) is 11.1 Å². The highest BCUT2D eigenvalue weighted by atomic mass is 127. The second-order valence-electron chi connectivity index (χ2n) is 6.90. The summed E-state index contributed by atoms with van der Waals surface area (Å²) in [6.45, 7) is 6.65. The van der Waals surface area contributed by atoms with Gasteiger partial charge in [0.1, 0.15) is 0 Å². The normalized spacial score (nSPS) is 18.8. The van der Waals surface area contributed by atoms with Crippen LogP contribution >= 0.6 is 24.0 Å². The molecule has 0 spiro atoms. The SMILES string of the molecule is CCNC(=NCC1CCCO1)NCCCC(=O)N1Cc2ccccc2C1.I. The molecular formula is C20H31IN4O2. The Labute approximate surface area is 179 Å². The molecule has 1 unspecified atom stereocenters.